The van der Waals surface area contributed by atoms with Crippen LogP contribution in [-0.2, 0) is 15.6 Å². The number of hydrogen-bond acceptors (Lipinski definition) is 2. The number of hydrogen-bond donors (Lipinski definition) is 1. The molecule has 1 N–H and O–H groups in total. The summed E-state index contributed by atoms with van der Waals surface area (Å²) in [6.07, 6.45) is 6.33. The molecule has 0 saturated heterocycles. The highest BCUT2D eigenvalue weighted by molar-refractivity contribution is 7.91. The van der Waals surface area contributed by atoms with E-state index >= 15 is 0 Å². The van der Waals surface area contributed by atoms with Crippen molar-refractivity contribution in [1.82, 2.24) is 4.98 Å². The van der Waals surface area contributed by atoms with Gasteiger partial charge in [-0.15, -0.1) is 0 Å². The Morgan fingerprint density at radius 2 is 2.30 bits per heavy atom. The second-order valence-corrected chi connectivity index (χ2v) is 3.88. The fraction of sp³-hybridized carbons (Fsp3) is 0.167. The summed E-state index contributed by atoms with van der Waals surface area (Å²) < 4.78 is 21.1. The summed E-state index contributed by atoms with van der Waals surface area (Å²) >= 11 is 0. The third kappa shape index (κ3) is 2.23. The van der Waals surface area contributed by atoms with Crippen molar-refractivity contribution in [3.63, 3.8) is 0 Å². The normalized spacial score (nSPS) is 11.7. The highest BCUT2D eigenvalue weighted by atomic mass is 32.2. The summed E-state index contributed by atoms with van der Waals surface area (Å²) in [5.74, 6) is 0.0104. The molecule has 1 heterocycles. The Balaban J connectivity index is 2.75. The molecule has 3 nitrogen and oxygen atoms in total. The lowest BCUT2D eigenvalue weighted by Crippen LogP contribution is -1.96. The highest BCUT2D eigenvalue weighted by Crippen LogP contribution is 2.02. The maximum atomic E-state index is 10.6. The van der Waals surface area contributed by atoms with Crippen molar-refractivity contribution >= 4 is 9.84 Å². The van der Waals surface area contributed by atoms with E-state index in [1.54, 1.807) is 18.5 Å². The molecule has 4 heteroatoms. The first-order valence-corrected chi connectivity index (χ1v) is 4.57. The van der Waals surface area contributed by atoms with E-state index in [-0.39, 0.29) is 5.75 Å². The summed E-state index contributed by atoms with van der Waals surface area (Å²) in [4.78, 5) is 2.76. The Kier molecular flexibility index (Phi) is 1.80. The Hall–Kier alpha value is -0.770. The Bertz CT molecular complexity index is 286. The van der Waals surface area contributed by atoms with Crippen molar-refractivity contribution in [2.45, 2.75) is 5.75 Å². The third-order valence-corrected chi connectivity index (χ3v) is 1.82. The smallest absolute Gasteiger partial charge is 0.155 e. The van der Waals surface area contributed by atoms with E-state index in [2.05, 4.69) is 11.2 Å². The molecule has 0 bridgehead atoms. The van der Waals surface area contributed by atoms with Gasteiger partial charge in [-0.1, -0.05) is 0 Å². The van der Waals surface area contributed by atoms with Crippen LogP contribution >= 0.6 is 0 Å². The molecule has 0 aliphatic heterocycles. The summed E-state index contributed by atoms with van der Waals surface area (Å²) in [7, 11) is -3.12. The Labute approximate surface area is 60.0 Å². The number of aromatic nitrogens is 1. The van der Waals surface area contributed by atoms with Crippen molar-refractivity contribution in [3.8, 4) is 0 Å². The van der Waals surface area contributed by atoms with Crippen molar-refractivity contribution in [3.05, 3.63) is 30.3 Å². The van der Waals surface area contributed by atoms with Crippen LogP contribution in [0.15, 0.2) is 18.5 Å². The van der Waals surface area contributed by atoms with E-state index in [0.29, 0.717) is 0 Å². The first-order valence-electron chi connectivity index (χ1n) is 2.75. The molecule has 1 radical (unpaired) electrons. The largest absolute Gasteiger partial charge is 0.367 e. The van der Waals surface area contributed by atoms with E-state index in [9.17, 15) is 8.42 Å². The summed E-state index contributed by atoms with van der Waals surface area (Å²) in [5.41, 5.74) is 0.745. The van der Waals surface area contributed by atoms with Crippen LogP contribution in [0, 0.1) is 6.26 Å². The molecular formula is C6H8NO2S. The average molecular weight is 158 g/mol. The van der Waals surface area contributed by atoms with Gasteiger partial charge in [-0.05, 0) is 11.6 Å². The van der Waals surface area contributed by atoms with Gasteiger partial charge in [-0.25, -0.2) is 8.42 Å². The van der Waals surface area contributed by atoms with Gasteiger partial charge in [0.2, 0.25) is 0 Å². The van der Waals surface area contributed by atoms with Gasteiger partial charge >= 0.3 is 0 Å². The fourth-order valence-electron chi connectivity index (χ4n) is 0.702. The fourth-order valence-corrected chi connectivity index (χ4v) is 1.39. The van der Waals surface area contributed by atoms with Crippen molar-refractivity contribution in [2.24, 2.45) is 0 Å². The standard InChI is InChI=1S/C6H8NO2S/c1-10(8,9)5-6-2-3-7-4-6/h2-4,7H,1,5H2. The zero-order valence-corrected chi connectivity index (χ0v) is 6.19. The van der Waals surface area contributed by atoms with E-state index in [1.807, 2.05) is 0 Å². The van der Waals surface area contributed by atoms with Gasteiger partial charge in [0.25, 0.3) is 0 Å². The van der Waals surface area contributed by atoms with Crippen LogP contribution in [0.25, 0.3) is 0 Å². The van der Waals surface area contributed by atoms with Crippen LogP contribution in [0.3, 0.4) is 0 Å². The van der Waals surface area contributed by atoms with Crippen LogP contribution in [0.2, 0.25) is 0 Å². The maximum Gasteiger partial charge on any atom is 0.155 e. The van der Waals surface area contributed by atoms with E-state index in [0.717, 1.165) is 5.56 Å². The molecule has 0 spiro atoms. The molecule has 1 rings (SSSR count). The number of sulfone groups is 1. The van der Waals surface area contributed by atoms with Crippen molar-refractivity contribution in [2.75, 3.05) is 0 Å². The highest BCUT2D eigenvalue weighted by Gasteiger charge is 2.03. The van der Waals surface area contributed by atoms with Crippen LogP contribution in [-0.4, -0.2) is 13.4 Å². The number of aromatic amines is 1. The zero-order chi connectivity index (χ0) is 7.61. The number of nitrogens with one attached hydrogen (secondary N) is 1. The molecule has 0 amide bonds. The third-order valence-electron chi connectivity index (χ3n) is 1.05. The van der Waals surface area contributed by atoms with E-state index < -0.39 is 9.84 Å². The van der Waals surface area contributed by atoms with Crippen molar-refractivity contribution < 1.29 is 8.42 Å². The van der Waals surface area contributed by atoms with E-state index in [1.165, 1.54) is 0 Å². The molecule has 10 heavy (non-hydrogen) atoms. The van der Waals surface area contributed by atoms with Gasteiger partial charge in [0, 0.05) is 12.4 Å². The maximum absolute atomic E-state index is 10.6. The lowest BCUT2D eigenvalue weighted by atomic mass is 10.4. The molecule has 0 aliphatic carbocycles. The first-order chi connectivity index (χ1) is 4.58. The molecule has 0 atom stereocenters. The molecule has 0 fully saturated rings. The molecule has 0 aliphatic rings. The van der Waals surface area contributed by atoms with Crippen LogP contribution in [0.1, 0.15) is 5.56 Å². The molecule has 1 aromatic heterocycles. The first kappa shape index (κ1) is 7.34. The quantitative estimate of drug-likeness (QED) is 0.689. The lowest BCUT2D eigenvalue weighted by molar-refractivity contribution is 0.603. The van der Waals surface area contributed by atoms with Gasteiger partial charge in [-0.2, -0.15) is 0 Å². The summed E-state index contributed by atoms with van der Waals surface area (Å²) in [6.45, 7) is 0. The van der Waals surface area contributed by atoms with E-state index in [4.69, 9.17) is 0 Å². The second-order valence-electron chi connectivity index (χ2n) is 2.11. The number of rotatable bonds is 2. The Morgan fingerprint density at radius 1 is 1.60 bits per heavy atom. The SMILES string of the molecule is [CH2]S(=O)(=O)Cc1cc[nH]c1. The lowest BCUT2D eigenvalue weighted by Gasteiger charge is -1.90. The minimum Gasteiger partial charge on any atom is -0.367 e. The topological polar surface area (TPSA) is 49.9 Å². The van der Waals surface area contributed by atoms with Gasteiger partial charge < -0.3 is 4.98 Å². The van der Waals surface area contributed by atoms with Gasteiger partial charge in [0.1, 0.15) is 0 Å². The number of H-pyrrole nitrogens is 1. The van der Waals surface area contributed by atoms with Crippen LogP contribution in [0.5, 0.6) is 0 Å². The second kappa shape index (κ2) is 2.46. The molecule has 0 unspecified atom stereocenters. The minimum atomic E-state index is -3.12. The predicted octanol–water partition coefficient (Wildman–Crippen LogP) is 0.721. The molecule has 1 aromatic rings. The van der Waals surface area contributed by atoms with Gasteiger partial charge in [0.05, 0.1) is 12.0 Å². The summed E-state index contributed by atoms with van der Waals surface area (Å²) in [5, 5.41) is 0. The molecule has 0 saturated carbocycles. The monoisotopic (exact) mass is 158 g/mol. The molecular weight excluding hydrogens is 150 g/mol. The molecule has 55 valence electrons. The minimum absolute atomic E-state index is 0.0104. The molecule has 0 aromatic carbocycles. The summed E-state index contributed by atoms with van der Waals surface area (Å²) in [6, 6.07) is 1.71. The predicted molar refractivity (Wildman–Crippen MR) is 38.8 cm³/mol. The van der Waals surface area contributed by atoms with Crippen LogP contribution in [0.4, 0.5) is 0 Å². The van der Waals surface area contributed by atoms with Gasteiger partial charge in [0.15, 0.2) is 9.84 Å². The Morgan fingerprint density at radius 3 is 2.70 bits per heavy atom. The van der Waals surface area contributed by atoms with Gasteiger partial charge in [-0.3, -0.25) is 0 Å². The zero-order valence-electron chi connectivity index (χ0n) is 5.37. The van der Waals surface area contributed by atoms with Crippen LogP contribution < -0.4 is 0 Å². The van der Waals surface area contributed by atoms with Crippen molar-refractivity contribution in [1.29, 1.82) is 0 Å². The average Bonchev–Trinajstić information content (AvgIpc) is 2.12.